The highest BCUT2D eigenvalue weighted by atomic mass is 16.2. The van der Waals surface area contributed by atoms with Crippen molar-refractivity contribution in [3.05, 3.63) is 72.4 Å². The molecule has 1 aromatic carbocycles. The first kappa shape index (κ1) is 20.8. The molecule has 33 heavy (non-hydrogen) atoms. The van der Waals surface area contributed by atoms with E-state index < -0.39 is 0 Å². The Labute approximate surface area is 190 Å². The monoisotopic (exact) mass is 440 g/mol. The van der Waals surface area contributed by atoms with Gasteiger partial charge in [0.25, 0.3) is 11.8 Å². The van der Waals surface area contributed by atoms with Crippen molar-refractivity contribution < 1.29 is 9.59 Å². The molecule has 0 saturated heterocycles. The SMILES string of the molecule is O=C(NC1CCCCC1)c1cncc(-c2ccc3[nH]nc(C(=O)Nc4cccnc4)c3c2)c1. The van der Waals surface area contributed by atoms with Crippen molar-refractivity contribution in [3.8, 4) is 11.1 Å². The van der Waals surface area contributed by atoms with Gasteiger partial charge < -0.3 is 10.6 Å². The van der Waals surface area contributed by atoms with E-state index in [0.717, 1.165) is 42.3 Å². The Kier molecular flexibility index (Phi) is 5.80. The minimum Gasteiger partial charge on any atom is -0.349 e. The van der Waals surface area contributed by atoms with E-state index in [1.54, 1.807) is 36.9 Å². The average Bonchev–Trinajstić information content (AvgIpc) is 3.29. The number of hydrogen-bond acceptors (Lipinski definition) is 5. The van der Waals surface area contributed by atoms with E-state index in [4.69, 9.17) is 0 Å². The number of pyridine rings is 2. The number of amides is 2. The number of H-pyrrole nitrogens is 1. The van der Waals surface area contributed by atoms with Gasteiger partial charge in [-0.3, -0.25) is 24.7 Å². The first-order chi connectivity index (χ1) is 16.2. The van der Waals surface area contributed by atoms with Crippen LogP contribution in [0.5, 0.6) is 0 Å². The zero-order chi connectivity index (χ0) is 22.6. The molecule has 5 rings (SSSR count). The molecule has 0 spiro atoms. The number of nitrogens with zero attached hydrogens (tertiary/aromatic N) is 3. The molecule has 0 bridgehead atoms. The lowest BCUT2D eigenvalue weighted by atomic mass is 9.95. The van der Waals surface area contributed by atoms with E-state index in [0.29, 0.717) is 16.6 Å². The number of anilines is 1. The van der Waals surface area contributed by atoms with Crippen LogP contribution in [0.1, 0.15) is 53.0 Å². The number of hydrogen-bond donors (Lipinski definition) is 3. The third-order valence-corrected chi connectivity index (χ3v) is 5.97. The van der Waals surface area contributed by atoms with Crippen LogP contribution in [-0.4, -0.2) is 38.0 Å². The van der Waals surface area contributed by atoms with Gasteiger partial charge in [-0.05, 0) is 48.7 Å². The molecule has 1 aliphatic rings. The summed E-state index contributed by atoms with van der Waals surface area (Å²) >= 11 is 0. The minimum atomic E-state index is -0.329. The predicted octanol–water partition coefficient (Wildman–Crippen LogP) is 4.33. The molecule has 3 aromatic heterocycles. The van der Waals surface area contributed by atoms with Crippen molar-refractivity contribution in [1.29, 1.82) is 0 Å². The molecule has 0 atom stereocenters. The van der Waals surface area contributed by atoms with Crippen molar-refractivity contribution in [3.63, 3.8) is 0 Å². The number of fused-ring (bicyclic) bond motifs is 1. The second-order valence-corrected chi connectivity index (χ2v) is 8.30. The maximum absolute atomic E-state index is 12.8. The number of rotatable bonds is 5. The lowest BCUT2D eigenvalue weighted by molar-refractivity contribution is 0.0926. The Morgan fingerprint density at radius 1 is 0.909 bits per heavy atom. The van der Waals surface area contributed by atoms with Gasteiger partial charge in [0.05, 0.1) is 23.0 Å². The largest absolute Gasteiger partial charge is 0.349 e. The zero-order valence-corrected chi connectivity index (χ0v) is 18.0. The van der Waals surface area contributed by atoms with E-state index >= 15 is 0 Å². The highest BCUT2D eigenvalue weighted by Gasteiger charge is 2.18. The Morgan fingerprint density at radius 3 is 2.61 bits per heavy atom. The van der Waals surface area contributed by atoms with Gasteiger partial charge in [-0.15, -0.1) is 0 Å². The number of aromatic nitrogens is 4. The molecule has 0 unspecified atom stereocenters. The normalized spacial score (nSPS) is 14.2. The van der Waals surface area contributed by atoms with E-state index in [1.165, 1.54) is 6.42 Å². The summed E-state index contributed by atoms with van der Waals surface area (Å²) in [6.45, 7) is 0. The van der Waals surface area contributed by atoms with Gasteiger partial charge >= 0.3 is 0 Å². The summed E-state index contributed by atoms with van der Waals surface area (Å²) in [6, 6.07) is 11.3. The summed E-state index contributed by atoms with van der Waals surface area (Å²) in [5, 5.41) is 13.7. The Bertz CT molecular complexity index is 1290. The fraction of sp³-hybridized carbons (Fsp3) is 0.240. The molecular formula is C25H24N6O2. The van der Waals surface area contributed by atoms with Crippen molar-refractivity contribution in [2.75, 3.05) is 5.32 Å². The molecule has 3 heterocycles. The van der Waals surface area contributed by atoms with Crippen LogP contribution in [0, 0.1) is 0 Å². The fourth-order valence-corrected chi connectivity index (χ4v) is 4.23. The molecule has 0 aliphatic heterocycles. The topological polar surface area (TPSA) is 113 Å². The fourth-order valence-electron chi connectivity index (χ4n) is 4.23. The van der Waals surface area contributed by atoms with E-state index in [1.807, 2.05) is 24.3 Å². The van der Waals surface area contributed by atoms with Crippen LogP contribution >= 0.6 is 0 Å². The van der Waals surface area contributed by atoms with E-state index in [2.05, 4.69) is 30.8 Å². The number of aromatic amines is 1. The molecular weight excluding hydrogens is 416 g/mol. The lowest BCUT2D eigenvalue weighted by Crippen LogP contribution is -2.36. The van der Waals surface area contributed by atoms with Crippen molar-refractivity contribution in [1.82, 2.24) is 25.5 Å². The van der Waals surface area contributed by atoms with Gasteiger partial charge in [-0.2, -0.15) is 5.10 Å². The van der Waals surface area contributed by atoms with Crippen LogP contribution < -0.4 is 10.6 Å². The first-order valence-electron chi connectivity index (χ1n) is 11.1. The summed E-state index contributed by atoms with van der Waals surface area (Å²) in [4.78, 5) is 33.8. The smallest absolute Gasteiger partial charge is 0.276 e. The Balaban J connectivity index is 1.39. The molecule has 8 heteroatoms. The van der Waals surface area contributed by atoms with E-state index in [9.17, 15) is 9.59 Å². The molecule has 1 aliphatic carbocycles. The maximum atomic E-state index is 12.8. The van der Waals surface area contributed by atoms with Gasteiger partial charge in [0.15, 0.2) is 5.69 Å². The molecule has 2 amide bonds. The molecule has 3 N–H and O–H groups in total. The van der Waals surface area contributed by atoms with Crippen molar-refractivity contribution >= 4 is 28.4 Å². The summed E-state index contributed by atoms with van der Waals surface area (Å²) in [7, 11) is 0. The number of carbonyl (C=O) groups excluding carboxylic acids is 2. The van der Waals surface area contributed by atoms with Crippen LogP contribution in [0.25, 0.3) is 22.0 Å². The second-order valence-electron chi connectivity index (χ2n) is 8.30. The maximum Gasteiger partial charge on any atom is 0.276 e. The summed E-state index contributed by atoms with van der Waals surface area (Å²) in [5.41, 5.74) is 3.80. The van der Waals surface area contributed by atoms with Gasteiger partial charge in [-0.1, -0.05) is 25.3 Å². The average molecular weight is 441 g/mol. The molecule has 1 fully saturated rings. The molecule has 166 valence electrons. The molecule has 4 aromatic rings. The molecule has 8 nitrogen and oxygen atoms in total. The summed E-state index contributed by atoms with van der Waals surface area (Å²) in [5.74, 6) is -0.428. The Hall–Kier alpha value is -4.07. The van der Waals surface area contributed by atoms with Crippen LogP contribution in [0.4, 0.5) is 5.69 Å². The third-order valence-electron chi connectivity index (χ3n) is 5.97. The van der Waals surface area contributed by atoms with Crippen molar-refractivity contribution in [2.24, 2.45) is 0 Å². The summed E-state index contributed by atoms with van der Waals surface area (Å²) < 4.78 is 0. The highest BCUT2D eigenvalue weighted by Crippen LogP contribution is 2.26. The van der Waals surface area contributed by atoms with Gasteiger partial charge in [0.2, 0.25) is 0 Å². The van der Waals surface area contributed by atoms with E-state index in [-0.39, 0.29) is 23.6 Å². The van der Waals surface area contributed by atoms with Crippen LogP contribution in [0.3, 0.4) is 0 Å². The lowest BCUT2D eigenvalue weighted by Gasteiger charge is -2.22. The second kappa shape index (κ2) is 9.20. The van der Waals surface area contributed by atoms with Crippen LogP contribution in [0.2, 0.25) is 0 Å². The minimum absolute atomic E-state index is 0.0998. The quantitative estimate of drug-likeness (QED) is 0.427. The highest BCUT2D eigenvalue weighted by molar-refractivity contribution is 6.11. The zero-order valence-electron chi connectivity index (χ0n) is 18.0. The predicted molar refractivity (Wildman–Crippen MR) is 126 cm³/mol. The number of carbonyl (C=O) groups is 2. The van der Waals surface area contributed by atoms with Crippen molar-refractivity contribution in [2.45, 2.75) is 38.1 Å². The third kappa shape index (κ3) is 4.59. The van der Waals surface area contributed by atoms with Gasteiger partial charge in [0, 0.05) is 35.6 Å². The molecule has 0 radical (unpaired) electrons. The van der Waals surface area contributed by atoms with Gasteiger partial charge in [-0.25, -0.2) is 0 Å². The Morgan fingerprint density at radius 2 is 1.79 bits per heavy atom. The standard InChI is InChI=1S/C25H24N6O2/c32-24(28-19-5-2-1-3-6-19)18-11-17(13-27-14-18)16-8-9-22-21(12-16)23(31-30-22)25(33)29-20-7-4-10-26-15-20/h4,7-15,19H,1-3,5-6H2,(H,28,32)(H,29,33)(H,30,31). The molecule has 1 saturated carbocycles. The first-order valence-corrected chi connectivity index (χ1v) is 11.1. The summed E-state index contributed by atoms with van der Waals surface area (Å²) in [6.07, 6.45) is 12.1. The van der Waals surface area contributed by atoms with Crippen LogP contribution in [0.15, 0.2) is 61.2 Å². The number of nitrogens with one attached hydrogen (secondary N) is 3. The van der Waals surface area contributed by atoms with Gasteiger partial charge in [0.1, 0.15) is 0 Å². The number of benzene rings is 1. The van der Waals surface area contributed by atoms with Crippen LogP contribution in [-0.2, 0) is 0 Å².